The summed E-state index contributed by atoms with van der Waals surface area (Å²) in [5, 5.41) is 5.42. The maximum atomic E-state index is 12.4. The molecule has 2 N–H and O–H groups in total. The molecular weight excluding hydrogens is 310 g/mol. The number of imide groups is 1. The first-order valence-corrected chi connectivity index (χ1v) is 7.99. The zero-order chi connectivity index (χ0) is 17.7. The average molecular weight is 333 g/mol. The van der Waals surface area contributed by atoms with Gasteiger partial charge >= 0.3 is 6.03 Å². The summed E-state index contributed by atoms with van der Waals surface area (Å²) in [6.07, 6.45) is 0.992. The van der Waals surface area contributed by atoms with E-state index in [2.05, 4.69) is 10.6 Å². The van der Waals surface area contributed by atoms with Crippen LogP contribution in [0.1, 0.15) is 32.3 Å². The second-order valence-corrected chi connectivity index (χ2v) is 5.74. The lowest BCUT2D eigenvalue weighted by molar-refractivity contribution is -0.135. The Hall–Kier alpha value is -2.57. The van der Waals surface area contributed by atoms with Crippen LogP contribution < -0.4 is 15.4 Å². The Morgan fingerprint density at radius 3 is 2.58 bits per heavy atom. The van der Waals surface area contributed by atoms with Crippen molar-refractivity contribution in [2.45, 2.75) is 38.8 Å². The van der Waals surface area contributed by atoms with Crippen molar-refractivity contribution in [1.29, 1.82) is 0 Å². The molecule has 24 heavy (non-hydrogen) atoms. The van der Waals surface area contributed by atoms with Crippen molar-refractivity contribution in [1.82, 2.24) is 15.5 Å². The molecule has 0 aromatic heterocycles. The lowest BCUT2D eigenvalue weighted by Gasteiger charge is -2.23. The molecule has 4 amide bonds. The van der Waals surface area contributed by atoms with Crippen LogP contribution in [0.2, 0.25) is 0 Å². The molecule has 0 spiro atoms. The molecule has 1 aliphatic heterocycles. The number of urea groups is 1. The second kappa shape index (κ2) is 7.33. The monoisotopic (exact) mass is 333 g/mol. The van der Waals surface area contributed by atoms with E-state index < -0.39 is 11.6 Å². The SMILES string of the molecule is CCC1(CC)NC(=O)N(CC(=O)NCc2cccc(OC)c2)C1=O. The van der Waals surface area contributed by atoms with Crippen LogP contribution in [0.25, 0.3) is 0 Å². The molecule has 0 saturated carbocycles. The standard InChI is InChI=1S/C17H23N3O4/c1-4-17(5-2)15(22)20(16(23)19-17)11-14(21)18-10-12-7-6-8-13(9-12)24-3/h6-9H,4-5,10-11H2,1-3H3,(H,18,21)(H,19,23). The topological polar surface area (TPSA) is 87.7 Å². The Kier molecular flexibility index (Phi) is 5.43. The van der Waals surface area contributed by atoms with Gasteiger partial charge in [0, 0.05) is 6.54 Å². The first-order valence-electron chi connectivity index (χ1n) is 7.99. The Morgan fingerprint density at radius 1 is 1.29 bits per heavy atom. The van der Waals surface area contributed by atoms with Gasteiger partial charge in [-0.25, -0.2) is 4.79 Å². The van der Waals surface area contributed by atoms with Crippen molar-refractivity contribution in [3.05, 3.63) is 29.8 Å². The van der Waals surface area contributed by atoms with Crippen molar-refractivity contribution in [3.63, 3.8) is 0 Å². The predicted molar refractivity (Wildman–Crippen MR) is 88.4 cm³/mol. The lowest BCUT2D eigenvalue weighted by atomic mass is 9.93. The molecule has 7 nitrogen and oxygen atoms in total. The molecule has 0 unspecified atom stereocenters. The van der Waals surface area contributed by atoms with Crippen LogP contribution in [0.3, 0.4) is 0 Å². The summed E-state index contributed by atoms with van der Waals surface area (Å²) in [7, 11) is 1.57. The first-order chi connectivity index (χ1) is 11.5. The highest BCUT2D eigenvalue weighted by molar-refractivity contribution is 6.08. The minimum absolute atomic E-state index is 0.281. The Bertz CT molecular complexity index is 640. The number of carbonyl (C=O) groups is 3. The van der Waals surface area contributed by atoms with E-state index in [0.29, 0.717) is 25.1 Å². The summed E-state index contributed by atoms with van der Waals surface area (Å²) < 4.78 is 5.13. The fraction of sp³-hybridized carbons (Fsp3) is 0.471. The van der Waals surface area contributed by atoms with Gasteiger partial charge in [0.05, 0.1) is 7.11 Å². The summed E-state index contributed by atoms with van der Waals surface area (Å²) in [6.45, 7) is 3.70. The second-order valence-electron chi connectivity index (χ2n) is 5.74. The van der Waals surface area contributed by atoms with E-state index in [-0.39, 0.29) is 18.4 Å². The molecule has 0 radical (unpaired) electrons. The molecule has 1 fully saturated rings. The molecule has 2 rings (SSSR count). The van der Waals surface area contributed by atoms with Gasteiger partial charge in [0.1, 0.15) is 17.8 Å². The highest BCUT2D eigenvalue weighted by Crippen LogP contribution is 2.24. The number of rotatable bonds is 7. The summed E-state index contributed by atoms with van der Waals surface area (Å²) in [6, 6.07) is 6.80. The van der Waals surface area contributed by atoms with Gasteiger partial charge in [-0.15, -0.1) is 0 Å². The third-order valence-electron chi connectivity index (χ3n) is 4.38. The largest absolute Gasteiger partial charge is 0.497 e. The van der Waals surface area contributed by atoms with Gasteiger partial charge in [-0.3, -0.25) is 14.5 Å². The Morgan fingerprint density at radius 2 is 2.00 bits per heavy atom. The summed E-state index contributed by atoms with van der Waals surface area (Å²) >= 11 is 0. The molecule has 130 valence electrons. The van der Waals surface area contributed by atoms with Crippen molar-refractivity contribution >= 4 is 17.8 Å². The highest BCUT2D eigenvalue weighted by Gasteiger charge is 2.49. The number of hydrogen-bond donors (Lipinski definition) is 2. The zero-order valence-corrected chi connectivity index (χ0v) is 14.2. The van der Waals surface area contributed by atoms with Crippen LogP contribution in [-0.4, -0.2) is 41.9 Å². The smallest absolute Gasteiger partial charge is 0.325 e. The number of amides is 4. The molecule has 1 heterocycles. The van der Waals surface area contributed by atoms with Crippen LogP contribution in [0, 0.1) is 0 Å². The minimum atomic E-state index is -0.885. The summed E-state index contributed by atoms with van der Waals surface area (Å²) in [4.78, 5) is 37.5. The predicted octanol–water partition coefficient (Wildman–Crippen LogP) is 1.42. The Labute approximate surface area is 141 Å². The fourth-order valence-corrected chi connectivity index (χ4v) is 2.73. The van der Waals surface area contributed by atoms with Crippen LogP contribution in [0.4, 0.5) is 4.79 Å². The fourth-order valence-electron chi connectivity index (χ4n) is 2.73. The first kappa shape index (κ1) is 17.8. The van der Waals surface area contributed by atoms with Gasteiger partial charge in [-0.1, -0.05) is 26.0 Å². The van der Waals surface area contributed by atoms with Gasteiger partial charge in [-0.2, -0.15) is 0 Å². The van der Waals surface area contributed by atoms with E-state index in [0.717, 1.165) is 10.5 Å². The number of hydrogen-bond acceptors (Lipinski definition) is 4. The quantitative estimate of drug-likeness (QED) is 0.739. The number of benzene rings is 1. The molecule has 0 atom stereocenters. The van der Waals surface area contributed by atoms with Gasteiger partial charge in [0.25, 0.3) is 5.91 Å². The molecule has 7 heteroatoms. The van der Waals surface area contributed by atoms with Crippen LogP contribution in [0.15, 0.2) is 24.3 Å². The molecule has 0 bridgehead atoms. The van der Waals surface area contributed by atoms with E-state index >= 15 is 0 Å². The molecule has 0 aliphatic carbocycles. The van der Waals surface area contributed by atoms with E-state index in [1.807, 2.05) is 38.1 Å². The van der Waals surface area contributed by atoms with Gasteiger partial charge in [-0.05, 0) is 30.5 Å². The average Bonchev–Trinajstić information content (AvgIpc) is 2.84. The van der Waals surface area contributed by atoms with Crippen molar-refractivity contribution in [3.8, 4) is 5.75 Å². The summed E-state index contributed by atoms with van der Waals surface area (Å²) in [5.41, 5.74) is -0.0131. The maximum absolute atomic E-state index is 12.4. The van der Waals surface area contributed by atoms with Gasteiger partial charge in [0.2, 0.25) is 5.91 Å². The van der Waals surface area contributed by atoms with Crippen LogP contribution >= 0.6 is 0 Å². The molecule has 1 aliphatic rings. The zero-order valence-electron chi connectivity index (χ0n) is 14.2. The van der Waals surface area contributed by atoms with E-state index in [1.54, 1.807) is 7.11 Å². The number of carbonyl (C=O) groups excluding carboxylic acids is 3. The normalized spacial score (nSPS) is 16.0. The third kappa shape index (κ3) is 3.50. The minimum Gasteiger partial charge on any atom is -0.497 e. The number of nitrogens with zero attached hydrogens (tertiary/aromatic N) is 1. The van der Waals surface area contributed by atoms with Crippen LogP contribution in [0.5, 0.6) is 5.75 Å². The molecule has 1 aromatic rings. The summed E-state index contributed by atoms with van der Waals surface area (Å²) in [5.74, 6) is -0.0233. The van der Waals surface area contributed by atoms with E-state index in [9.17, 15) is 14.4 Å². The lowest BCUT2D eigenvalue weighted by Crippen LogP contribution is -2.46. The number of methoxy groups -OCH3 is 1. The van der Waals surface area contributed by atoms with Crippen molar-refractivity contribution in [2.24, 2.45) is 0 Å². The van der Waals surface area contributed by atoms with Gasteiger partial charge in [0.15, 0.2) is 0 Å². The van der Waals surface area contributed by atoms with Crippen molar-refractivity contribution in [2.75, 3.05) is 13.7 Å². The maximum Gasteiger partial charge on any atom is 0.325 e. The molecular formula is C17H23N3O4. The molecule has 1 saturated heterocycles. The number of nitrogens with one attached hydrogen (secondary N) is 2. The molecule has 1 aromatic carbocycles. The van der Waals surface area contributed by atoms with Gasteiger partial charge < -0.3 is 15.4 Å². The highest BCUT2D eigenvalue weighted by atomic mass is 16.5. The van der Waals surface area contributed by atoms with Crippen molar-refractivity contribution < 1.29 is 19.1 Å². The van der Waals surface area contributed by atoms with E-state index in [4.69, 9.17) is 4.74 Å². The van der Waals surface area contributed by atoms with E-state index in [1.165, 1.54) is 0 Å². The van der Waals surface area contributed by atoms with Crippen LogP contribution in [-0.2, 0) is 16.1 Å². The third-order valence-corrected chi connectivity index (χ3v) is 4.38. The number of ether oxygens (including phenoxy) is 1. The Balaban J connectivity index is 1.95.